The lowest BCUT2D eigenvalue weighted by atomic mass is 10.1. The molecule has 4 N–H and O–H groups in total. The van der Waals surface area contributed by atoms with Gasteiger partial charge < -0.3 is 20.7 Å². The highest BCUT2D eigenvalue weighted by Gasteiger charge is 2.34. The van der Waals surface area contributed by atoms with Crippen molar-refractivity contribution in [1.82, 2.24) is 4.90 Å². The molecule has 22 heavy (non-hydrogen) atoms. The maximum Gasteiger partial charge on any atom is 0.278 e. The van der Waals surface area contributed by atoms with Gasteiger partial charge in [-0.1, -0.05) is 12.1 Å². The van der Waals surface area contributed by atoms with Crippen molar-refractivity contribution in [1.29, 1.82) is 0 Å². The van der Waals surface area contributed by atoms with E-state index < -0.39 is 18.1 Å². The molecule has 1 aromatic carbocycles. The third kappa shape index (κ3) is 3.21. The highest BCUT2D eigenvalue weighted by atomic mass is 16.3. The number of aliphatic imine (C=N–C) groups is 1. The number of hydrogen-bond donors (Lipinski definition) is 3. The van der Waals surface area contributed by atoms with Crippen molar-refractivity contribution in [2.75, 3.05) is 6.54 Å². The molecule has 1 aliphatic heterocycles. The fourth-order valence-electron chi connectivity index (χ4n) is 2.02. The van der Waals surface area contributed by atoms with Gasteiger partial charge in [0.15, 0.2) is 0 Å². The minimum atomic E-state index is -0.909. The number of nitrogens with zero attached hydrogens (tertiary/aromatic N) is 2. The number of aldehydes is 1. The molecule has 0 fully saturated rings. The lowest BCUT2D eigenvalue weighted by molar-refractivity contribution is -0.124. The second-order valence-electron chi connectivity index (χ2n) is 4.94. The van der Waals surface area contributed by atoms with Gasteiger partial charge >= 0.3 is 0 Å². The van der Waals surface area contributed by atoms with Crippen molar-refractivity contribution in [3.8, 4) is 5.75 Å². The number of rotatable bonds is 5. The van der Waals surface area contributed by atoms with Crippen molar-refractivity contribution < 1.29 is 19.8 Å². The Kier molecular flexibility index (Phi) is 4.69. The Morgan fingerprint density at radius 2 is 2.00 bits per heavy atom. The summed E-state index contributed by atoms with van der Waals surface area (Å²) in [5, 5.41) is 18.8. The highest BCUT2D eigenvalue weighted by Crippen LogP contribution is 2.21. The Hall–Kier alpha value is -2.51. The fourth-order valence-corrected chi connectivity index (χ4v) is 2.02. The van der Waals surface area contributed by atoms with Crippen LogP contribution in [0.1, 0.15) is 12.5 Å². The van der Waals surface area contributed by atoms with E-state index in [9.17, 15) is 19.8 Å². The molecule has 7 nitrogen and oxygen atoms in total. The first-order valence-electron chi connectivity index (χ1n) is 6.72. The lowest BCUT2D eigenvalue weighted by Gasteiger charge is -2.21. The van der Waals surface area contributed by atoms with Crippen LogP contribution in [0.2, 0.25) is 0 Å². The molecule has 0 saturated heterocycles. The van der Waals surface area contributed by atoms with Crippen LogP contribution in [0.3, 0.4) is 0 Å². The van der Waals surface area contributed by atoms with Crippen LogP contribution in [0, 0.1) is 0 Å². The van der Waals surface area contributed by atoms with E-state index in [1.54, 1.807) is 12.1 Å². The van der Waals surface area contributed by atoms with Crippen LogP contribution < -0.4 is 5.73 Å². The largest absolute Gasteiger partial charge is 0.508 e. The van der Waals surface area contributed by atoms with Gasteiger partial charge in [-0.25, -0.2) is 4.99 Å². The monoisotopic (exact) mass is 303 g/mol. The first kappa shape index (κ1) is 15.9. The van der Waals surface area contributed by atoms with Crippen LogP contribution in [0.15, 0.2) is 35.0 Å². The van der Waals surface area contributed by atoms with Gasteiger partial charge in [0.25, 0.3) is 5.91 Å². The summed E-state index contributed by atoms with van der Waals surface area (Å²) in [6.45, 7) is 1.31. The zero-order valence-electron chi connectivity index (χ0n) is 12.0. The number of phenols is 1. The highest BCUT2D eigenvalue weighted by molar-refractivity contribution is 6.16. The average molecular weight is 303 g/mol. The Morgan fingerprint density at radius 3 is 2.55 bits per heavy atom. The van der Waals surface area contributed by atoms with E-state index in [-0.39, 0.29) is 23.8 Å². The normalized spacial score (nSPS) is 19.2. The molecular formula is C15H17N3O4. The number of aromatic hydroxyl groups is 1. The summed E-state index contributed by atoms with van der Waals surface area (Å²) < 4.78 is 0. The van der Waals surface area contributed by atoms with Crippen molar-refractivity contribution in [3.63, 3.8) is 0 Å². The standard InChI is InChI=1S/C15H17N3O4/c1-9(20)13(16)14-17-12(15(22)18(14)6-7-19)8-10-2-4-11(21)5-3-10/h2-5,7-9,13,20-21H,6,16H2,1H3/b12-8+/t9-,13+/m1/s1. The molecule has 1 aromatic rings. The van der Waals surface area contributed by atoms with Crippen molar-refractivity contribution in [3.05, 3.63) is 35.5 Å². The van der Waals surface area contributed by atoms with Crippen molar-refractivity contribution >= 4 is 24.1 Å². The van der Waals surface area contributed by atoms with E-state index >= 15 is 0 Å². The Balaban J connectivity index is 2.37. The molecular weight excluding hydrogens is 286 g/mol. The molecule has 0 aliphatic carbocycles. The number of aliphatic hydroxyl groups is 1. The molecule has 0 saturated carbocycles. The van der Waals surface area contributed by atoms with Crippen LogP contribution in [-0.4, -0.2) is 51.8 Å². The summed E-state index contributed by atoms with van der Waals surface area (Å²) >= 11 is 0. The molecule has 0 radical (unpaired) electrons. The van der Waals surface area contributed by atoms with Gasteiger partial charge in [0, 0.05) is 0 Å². The maximum atomic E-state index is 12.3. The number of carbonyl (C=O) groups excluding carboxylic acids is 2. The molecule has 1 amide bonds. The van der Waals surface area contributed by atoms with Crippen molar-refractivity contribution in [2.24, 2.45) is 10.7 Å². The third-order valence-electron chi connectivity index (χ3n) is 3.25. The summed E-state index contributed by atoms with van der Waals surface area (Å²) in [7, 11) is 0. The zero-order chi connectivity index (χ0) is 16.3. The van der Waals surface area contributed by atoms with E-state index in [1.807, 2.05) is 0 Å². The second-order valence-corrected chi connectivity index (χ2v) is 4.94. The molecule has 7 heteroatoms. The van der Waals surface area contributed by atoms with Crippen LogP contribution in [0.4, 0.5) is 0 Å². The average Bonchev–Trinajstić information content (AvgIpc) is 2.78. The number of amidine groups is 1. The lowest BCUT2D eigenvalue weighted by Crippen LogP contribution is -2.49. The third-order valence-corrected chi connectivity index (χ3v) is 3.25. The number of aliphatic hydroxyl groups excluding tert-OH is 1. The van der Waals surface area contributed by atoms with Gasteiger partial charge in [-0.05, 0) is 30.7 Å². The van der Waals surface area contributed by atoms with E-state index in [4.69, 9.17) is 5.73 Å². The summed E-state index contributed by atoms with van der Waals surface area (Å²) in [6, 6.07) is 5.36. The molecule has 0 unspecified atom stereocenters. The van der Waals surface area contributed by atoms with Crippen LogP contribution in [0.5, 0.6) is 5.75 Å². The number of phenolic OH excluding ortho intramolecular Hbond substituents is 1. The molecule has 0 spiro atoms. The van der Waals surface area contributed by atoms with E-state index in [1.165, 1.54) is 25.1 Å². The van der Waals surface area contributed by atoms with E-state index in [0.717, 1.165) is 4.90 Å². The van der Waals surface area contributed by atoms with Crippen molar-refractivity contribution in [2.45, 2.75) is 19.1 Å². The topological polar surface area (TPSA) is 116 Å². The number of amides is 1. The molecule has 0 aromatic heterocycles. The van der Waals surface area contributed by atoms with E-state index in [2.05, 4.69) is 4.99 Å². The summed E-state index contributed by atoms with van der Waals surface area (Å²) in [5.41, 5.74) is 6.62. The molecule has 116 valence electrons. The predicted molar refractivity (Wildman–Crippen MR) is 81.0 cm³/mol. The first-order valence-corrected chi connectivity index (χ1v) is 6.72. The summed E-state index contributed by atoms with van der Waals surface area (Å²) in [6.07, 6.45) is 1.20. The zero-order valence-corrected chi connectivity index (χ0v) is 12.0. The van der Waals surface area contributed by atoms with Gasteiger partial charge in [-0.2, -0.15) is 0 Å². The van der Waals surface area contributed by atoms with Crippen LogP contribution in [-0.2, 0) is 9.59 Å². The minimum Gasteiger partial charge on any atom is -0.508 e. The quantitative estimate of drug-likeness (QED) is 0.518. The summed E-state index contributed by atoms with van der Waals surface area (Å²) in [5.74, 6) is -0.175. The molecule has 1 aliphatic rings. The SMILES string of the molecule is C[C@@H](O)[C@H](N)C1=N/C(=C/c2ccc(O)cc2)C(=O)N1CC=O. The summed E-state index contributed by atoms with van der Waals surface area (Å²) in [4.78, 5) is 28.4. The van der Waals surface area contributed by atoms with Crippen LogP contribution in [0.25, 0.3) is 6.08 Å². The maximum absolute atomic E-state index is 12.3. The molecule has 1 heterocycles. The number of nitrogens with two attached hydrogens (primary N) is 1. The van der Waals surface area contributed by atoms with Gasteiger partial charge in [-0.15, -0.1) is 0 Å². The van der Waals surface area contributed by atoms with Gasteiger partial charge in [0.2, 0.25) is 0 Å². The number of hydrogen-bond acceptors (Lipinski definition) is 6. The Morgan fingerprint density at radius 1 is 1.36 bits per heavy atom. The van der Waals surface area contributed by atoms with Gasteiger partial charge in [0.1, 0.15) is 23.6 Å². The van der Waals surface area contributed by atoms with Gasteiger partial charge in [0.05, 0.1) is 18.7 Å². The smallest absolute Gasteiger partial charge is 0.278 e. The predicted octanol–water partition coefficient (Wildman–Crippen LogP) is -0.119. The molecule has 2 rings (SSSR count). The Labute approximate surface area is 127 Å². The molecule has 0 bridgehead atoms. The Bertz CT molecular complexity index is 635. The number of carbonyl (C=O) groups is 2. The van der Waals surface area contributed by atoms with Crippen LogP contribution >= 0.6 is 0 Å². The minimum absolute atomic E-state index is 0.114. The second kappa shape index (κ2) is 6.50. The van der Waals surface area contributed by atoms with E-state index in [0.29, 0.717) is 11.8 Å². The number of benzene rings is 1. The fraction of sp³-hybridized carbons (Fsp3) is 0.267. The first-order chi connectivity index (χ1) is 10.4. The molecule has 2 atom stereocenters. The van der Waals surface area contributed by atoms with Gasteiger partial charge in [-0.3, -0.25) is 9.69 Å².